The van der Waals surface area contributed by atoms with Crippen LogP contribution >= 0.6 is 11.6 Å². The van der Waals surface area contributed by atoms with E-state index in [-0.39, 0.29) is 0 Å². The van der Waals surface area contributed by atoms with Crippen LogP contribution in [0.1, 0.15) is 18.3 Å². The first-order valence-corrected chi connectivity index (χ1v) is 7.02. The molecule has 0 N–H and O–H groups in total. The van der Waals surface area contributed by atoms with Gasteiger partial charge >= 0.3 is 0 Å². The third kappa shape index (κ3) is 2.62. The average molecular weight is 291 g/mol. The molecule has 1 aliphatic heterocycles. The predicted molar refractivity (Wildman–Crippen MR) is 77.0 cm³/mol. The average Bonchev–Trinajstić information content (AvgIpc) is 2.92. The summed E-state index contributed by atoms with van der Waals surface area (Å²) in [5, 5.41) is 0.417. The van der Waals surface area contributed by atoms with Gasteiger partial charge in [0.25, 0.3) is 0 Å². The zero-order chi connectivity index (χ0) is 13.9. The highest BCUT2D eigenvalue weighted by atomic mass is 35.5. The van der Waals surface area contributed by atoms with E-state index >= 15 is 0 Å². The van der Waals surface area contributed by atoms with E-state index in [0.29, 0.717) is 24.2 Å². The summed E-state index contributed by atoms with van der Waals surface area (Å²) < 4.78 is 11.1. The van der Waals surface area contributed by atoms with Crippen molar-refractivity contribution in [1.29, 1.82) is 0 Å². The maximum atomic E-state index is 6.08. The van der Waals surface area contributed by atoms with Crippen molar-refractivity contribution in [3.63, 3.8) is 0 Å². The molecule has 1 aliphatic rings. The van der Waals surface area contributed by atoms with Crippen molar-refractivity contribution in [2.24, 2.45) is 0 Å². The molecule has 0 aliphatic carbocycles. The van der Waals surface area contributed by atoms with Crippen LogP contribution in [0.5, 0.6) is 5.75 Å². The van der Waals surface area contributed by atoms with E-state index < -0.39 is 0 Å². The molecule has 2 aromatic rings. The topological polar surface area (TPSA) is 44.2 Å². The van der Waals surface area contributed by atoms with Crippen LogP contribution in [0.15, 0.2) is 24.3 Å². The first kappa shape index (κ1) is 13.3. The normalized spacial score (nSPS) is 13.1. The first-order chi connectivity index (χ1) is 9.78. The number of hydrogen-bond acceptors (Lipinski definition) is 4. The Labute approximate surface area is 122 Å². The Kier molecular flexibility index (Phi) is 3.85. The molecule has 0 saturated carbocycles. The van der Waals surface area contributed by atoms with Crippen LogP contribution in [-0.4, -0.2) is 23.2 Å². The fourth-order valence-corrected chi connectivity index (χ4v) is 2.48. The number of nitrogens with zero attached hydrogens (tertiary/aromatic N) is 2. The smallest absolute Gasteiger partial charge is 0.156 e. The molecule has 2 heterocycles. The molecular weight excluding hydrogens is 276 g/mol. The Morgan fingerprint density at radius 1 is 1.35 bits per heavy atom. The molecule has 104 valence electrons. The van der Waals surface area contributed by atoms with Gasteiger partial charge in [0.1, 0.15) is 17.5 Å². The van der Waals surface area contributed by atoms with Gasteiger partial charge in [0.15, 0.2) is 5.82 Å². The lowest BCUT2D eigenvalue weighted by molar-refractivity contribution is 0.128. The summed E-state index contributed by atoms with van der Waals surface area (Å²) >= 11 is 6.08. The second-order valence-corrected chi connectivity index (χ2v) is 4.91. The fraction of sp³-hybridized carbons (Fsp3) is 0.333. The number of rotatable bonds is 4. The number of halogens is 1. The third-order valence-corrected chi connectivity index (χ3v) is 3.36. The van der Waals surface area contributed by atoms with Crippen molar-refractivity contribution in [2.45, 2.75) is 20.0 Å². The highest BCUT2D eigenvalue weighted by Gasteiger charge is 2.18. The van der Waals surface area contributed by atoms with E-state index in [1.165, 1.54) is 5.56 Å². The van der Waals surface area contributed by atoms with E-state index in [1.54, 1.807) is 6.07 Å². The van der Waals surface area contributed by atoms with E-state index in [1.807, 2.05) is 19.1 Å². The van der Waals surface area contributed by atoms with Crippen molar-refractivity contribution in [2.75, 3.05) is 13.2 Å². The molecule has 5 heteroatoms. The van der Waals surface area contributed by atoms with Gasteiger partial charge in [-0.1, -0.05) is 23.7 Å². The second-order valence-electron chi connectivity index (χ2n) is 4.52. The molecule has 0 amide bonds. The number of hydrogen-bond donors (Lipinski definition) is 0. The molecule has 20 heavy (non-hydrogen) atoms. The van der Waals surface area contributed by atoms with Crippen LogP contribution in [0.25, 0.3) is 11.3 Å². The fourth-order valence-electron chi connectivity index (χ4n) is 2.28. The summed E-state index contributed by atoms with van der Waals surface area (Å²) in [7, 11) is 0. The Bertz CT molecular complexity index is 631. The van der Waals surface area contributed by atoms with Crippen molar-refractivity contribution >= 4 is 11.6 Å². The zero-order valence-electron chi connectivity index (χ0n) is 11.2. The number of ether oxygens (including phenoxy) is 2. The Balaban J connectivity index is 2.02. The Morgan fingerprint density at radius 3 is 3.10 bits per heavy atom. The minimum atomic E-state index is 0.361. The predicted octanol–water partition coefficient (Wildman–Crippen LogP) is 3.27. The van der Waals surface area contributed by atoms with Gasteiger partial charge in [0.05, 0.1) is 12.3 Å². The minimum Gasteiger partial charge on any atom is -0.492 e. The molecule has 0 atom stereocenters. The summed E-state index contributed by atoms with van der Waals surface area (Å²) in [4.78, 5) is 8.70. The Hall–Kier alpha value is -1.65. The largest absolute Gasteiger partial charge is 0.492 e. The lowest BCUT2D eigenvalue weighted by Gasteiger charge is -2.09. The third-order valence-electron chi connectivity index (χ3n) is 3.17. The van der Waals surface area contributed by atoms with Gasteiger partial charge < -0.3 is 9.47 Å². The lowest BCUT2D eigenvalue weighted by Crippen LogP contribution is -2.01. The van der Waals surface area contributed by atoms with Crippen LogP contribution in [0, 0.1) is 0 Å². The van der Waals surface area contributed by atoms with Crippen LogP contribution in [-0.2, 0) is 17.8 Å². The molecular formula is C15H15ClN2O2. The SMILES string of the molecule is CCOCc1nc(Cl)cc(-c2cccc3c2OCC3)n1. The molecule has 0 spiro atoms. The summed E-state index contributed by atoms with van der Waals surface area (Å²) in [6.07, 6.45) is 0.938. The van der Waals surface area contributed by atoms with Crippen LogP contribution in [0.2, 0.25) is 5.15 Å². The molecule has 0 unspecified atom stereocenters. The van der Waals surface area contributed by atoms with Gasteiger partial charge in [-0.2, -0.15) is 0 Å². The molecule has 0 bridgehead atoms. The van der Waals surface area contributed by atoms with Gasteiger partial charge in [-0.3, -0.25) is 0 Å². The van der Waals surface area contributed by atoms with Crippen molar-refractivity contribution in [3.8, 4) is 17.0 Å². The molecule has 3 rings (SSSR count). The molecule has 4 nitrogen and oxygen atoms in total. The monoisotopic (exact) mass is 290 g/mol. The maximum absolute atomic E-state index is 6.08. The minimum absolute atomic E-state index is 0.361. The van der Waals surface area contributed by atoms with E-state index in [0.717, 1.165) is 30.0 Å². The molecule has 0 radical (unpaired) electrons. The number of benzene rings is 1. The lowest BCUT2D eigenvalue weighted by atomic mass is 10.1. The summed E-state index contributed by atoms with van der Waals surface area (Å²) in [5.74, 6) is 1.49. The van der Waals surface area contributed by atoms with Gasteiger partial charge in [0.2, 0.25) is 0 Å². The zero-order valence-corrected chi connectivity index (χ0v) is 12.0. The number of aromatic nitrogens is 2. The van der Waals surface area contributed by atoms with Crippen LogP contribution < -0.4 is 4.74 Å². The molecule has 0 fully saturated rings. The summed E-state index contributed by atoms with van der Waals surface area (Å²) in [6.45, 7) is 3.63. The van der Waals surface area contributed by atoms with Crippen molar-refractivity contribution in [1.82, 2.24) is 9.97 Å². The first-order valence-electron chi connectivity index (χ1n) is 6.64. The second kappa shape index (κ2) is 5.77. The highest BCUT2D eigenvalue weighted by Crippen LogP contribution is 2.36. The maximum Gasteiger partial charge on any atom is 0.156 e. The molecule has 0 saturated heterocycles. The number of para-hydroxylation sites is 1. The standard InChI is InChI=1S/C15H15ClN2O2/c1-2-19-9-14-17-12(8-13(16)18-14)11-5-3-4-10-6-7-20-15(10)11/h3-5,8H,2,6-7,9H2,1H3. The van der Waals surface area contributed by atoms with E-state index in [2.05, 4.69) is 16.0 Å². The summed E-state index contributed by atoms with van der Waals surface area (Å²) in [6, 6.07) is 7.85. The Morgan fingerprint density at radius 2 is 2.25 bits per heavy atom. The van der Waals surface area contributed by atoms with E-state index in [4.69, 9.17) is 21.1 Å². The summed E-state index contributed by atoms with van der Waals surface area (Å²) in [5.41, 5.74) is 2.95. The molecule has 1 aromatic carbocycles. The van der Waals surface area contributed by atoms with Gasteiger partial charge in [-0.15, -0.1) is 0 Å². The van der Waals surface area contributed by atoms with Gasteiger partial charge in [-0.25, -0.2) is 9.97 Å². The van der Waals surface area contributed by atoms with Gasteiger partial charge in [0, 0.05) is 24.7 Å². The highest BCUT2D eigenvalue weighted by molar-refractivity contribution is 6.29. The van der Waals surface area contributed by atoms with Crippen LogP contribution in [0.4, 0.5) is 0 Å². The van der Waals surface area contributed by atoms with Crippen LogP contribution in [0.3, 0.4) is 0 Å². The van der Waals surface area contributed by atoms with Crippen molar-refractivity contribution < 1.29 is 9.47 Å². The van der Waals surface area contributed by atoms with Crippen molar-refractivity contribution in [3.05, 3.63) is 40.8 Å². The van der Waals surface area contributed by atoms with E-state index in [9.17, 15) is 0 Å². The number of fused-ring (bicyclic) bond motifs is 1. The quantitative estimate of drug-likeness (QED) is 0.811. The van der Waals surface area contributed by atoms with Gasteiger partial charge in [-0.05, 0) is 18.6 Å². The molecule has 1 aromatic heterocycles.